The lowest BCUT2D eigenvalue weighted by molar-refractivity contribution is 0.583. The van der Waals surface area contributed by atoms with Gasteiger partial charge in [-0.25, -0.2) is 4.98 Å². The molecule has 0 bridgehead atoms. The van der Waals surface area contributed by atoms with Crippen molar-refractivity contribution in [3.63, 3.8) is 0 Å². The number of benzene rings is 1. The number of hydrogen-bond acceptors (Lipinski definition) is 4. The molecule has 0 saturated carbocycles. The zero-order valence-electron chi connectivity index (χ0n) is 13.2. The third kappa shape index (κ3) is 5.13. The lowest BCUT2D eigenvalue weighted by atomic mass is 10.1. The average Bonchev–Trinajstić information content (AvgIpc) is 2.87. The summed E-state index contributed by atoms with van der Waals surface area (Å²) in [7, 11) is 0. The van der Waals surface area contributed by atoms with Gasteiger partial charge in [-0.2, -0.15) is 11.8 Å². The lowest BCUT2D eigenvalue weighted by Crippen LogP contribution is -2.22. The van der Waals surface area contributed by atoms with E-state index in [2.05, 4.69) is 63.3 Å². The standard InChI is InChI=1S/C17H24N2S2/c1-12(2)18-10-15-17(14-8-6-5-7-9-14)21-16(19-15)11-20-13(3)4/h5-9,12-13,18H,10-11H2,1-4H3. The monoisotopic (exact) mass is 320 g/mol. The van der Waals surface area contributed by atoms with Crippen molar-refractivity contribution in [1.82, 2.24) is 10.3 Å². The van der Waals surface area contributed by atoms with Crippen LogP contribution in [-0.4, -0.2) is 16.3 Å². The number of nitrogens with one attached hydrogen (secondary N) is 1. The Balaban J connectivity index is 2.23. The maximum atomic E-state index is 4.87. The summed E-state index contributed by atoms with van der Waals surface area (Å²) < 4.78 is 0. The molecule has 1 heterocycles. The molecule has 0 fully saturated rings. The molecule has 1 N–H and O–H groups in total. The maximum absolute atomic E-state index is 4.87. The van der Waals surface area contributed by atoms with Crippen LogP contribution < -0.4 is 5.32 Å². The van der Waals surface area contributed by atoms with Crippen molar-refractivity contribution < 1.29 is 0 Å². The Morgan fingerprint density at radius 3 is 2.48 bits per heavy atom. The number of thiazole rings is 1. The van der Waals surface area contributed by atoms with Crippen molar-refractivity contribution in [1.29, 1.82) is 0 Å². The van der Waals surface area contributed by atoms with Gasteiger partial charge in [-0.05, 0) is 10.8 Å². The number of hydrogen-bond donors (Lipinski definition) is 1. The highest BCUT2D eigenvalue weighted by molar-refractivity contribution is 7.99. The zero-order chi connectivity index (χ0) is 15.2. The van der Waals surface area contributed by atoms with E-state index in [1.165, 1.54) is 21.1 Å². The van der Waals surface area contributed by atoms with E-state index < -0.39 is 0 Å². The summed E-state index contributed by atoms with van der Waals surface area (Å²) in [5.74, 6) is 1.00. The van der Waals surface area contributed by atoms with Crippen molar-refractivity contribution in [2.75, 3.05) is 0 Å². The van der Waals surface area contributed by atoms with Crippen LogP contribution >= 0.6 is 23.1 Å². The van der Waals surface area contributed by atoms with Gasteiger partial charge in [0.2, 0.25) is 0 Å². The quantitative estimate of drug-likeness (QED) is 0.781. The van der Waals surface area contributed by atoms with Crippen LogP contribution in [-0.2, 0) is 12.3 Å². The number of nitrogens with zero attached hydrogens (tertiary/aromatic N) is 1. The summed E-state index contributed by atoms with van der Waals surface area (Å²) in [6.45, 7) is 9.65. The maximum Gasteiger partial charge on any atom is 0.103 e. The molecule has 2 rings (SSSR count). The van der Waals surface area contributed by atoms with Crippen LogP contribution in [0.25, 0.3) is 10.4 Å². The molecule has 0 spiro atoms. The molecule has 0 saturated heterocycles. The predicted octanol–water partition coefficient (Wildman–Crippen LogP) is 4.95. The number of rotatable bonds is 7. The number of thioether (sulfide) groups is 1. The zero-order valence-corrected chi connectivity index (χ0v) is 14.9. The van der Waals surface area contributed by atoms with Crippen molar-refractivity contribution in [2.45, 2.75) is 51.3 Å². The smallest absolute Gasteiger partial charge is 0.103 e. The molecule has 2 nitrogen and oxygen atoms in total. The molecule has 1 aromatic carbocycles. The molecule has 1 aromatic heterocycles. The first-order chi connectivity index (χ1) is 10.1. The van der Waals surface area contributed by atoms with Gasteiger partial charge in [0.1, 0.15) is 5.01 Å². The molecule has 0 aliphatic heterocycles. The Kier molecular flexibility index (Phi) is 6.27. The molecule has 114 valence electrons. The lowest BCUT2D eigenvalue weighted by Gasteiger charge is -2.07. The highest BCUT2D eigenvalue weighted by atomic mass is 32.2. The van der Waals surface area contributed by atoms with E-state index in [9.17, 15) is 0 Å². The molecular formula is C17H24N2S2. The van der Waals surface area contributed by atoms with Crippen LogP contribution in [0, 0.1) is 0 Å². The minimum atomic E-state index is 0.476. The number of aromatic nitrogens is 1. The highest BCUT2D eigenvalue weighted by Crippen LogP contribution is 2.32. The van der Waals surface area contributed by atoms with Crippen LogP contribution in [0.15, 0.2) is 30.3 Å². The Bertz CT molecular complexity index is 547. The van der Waals surface area contributed by atoms with Crippen LogP contribution in [0.3, 0.4) is 0 Å². The third-order valence-electron chi connectivity index (χ3n) is 3.00. The fraction of sp³-hybridized carbons (Fsp3) is 0.471. The largest absolute Gasteiger partial charge is 0.309 e. The second-order valence-corrected chi connectivity index (χ2v) is 8.29. The van der Waals surface area contributed by atoms with Gasteiger partial charge in [0.15, 0.2) is 0 Å². The summed E-state index contributed by atoms with van der Waals surface area (Å²) >= 11 is 3.79. The molecule has 0 radical (unpaired) electrons. The van der Waals surface area contributed by atoms with Crippen LogP contribution in [0.4, 0.5) is 0 Å². The van der Waals surface area contributed by atoms with Gasteiger partial charge >= 0.3 is 0 Å². The third-order valence-corrected chi connectivity index (χ3v) is 5.43. The van der Waals surface area contributed by atoms with E-state index in [0.29, 0.717) is 11.3 Å². The molecule has 0 aliphatic rings. The van der Waals surface area contributed by atoms with Gasteiger partial charge < -0.3 is 5.32 Å². The van der Waals surface area contributed by atoms with Crippen LogP contribution in [0.1, 0.15) is 38.4 Å². The van der Waals surface area contributed by atoms with Gasteiger partial charge in [-0.3, -0.25) is 0 Å². The summed E-state index contributed by atoms with van der Waals surface area (Å²) in [5, 5.41) is 5.36. The van der Waals surface area contributed by atoms with Gasteiger partial charge in [-0.1, -0.05) is 58.0 Å². The van der Waals surface area contributed by atoms with Gasteiger partial charge in [-0.15, -0.1) is 11.3 Å². The summed E-state index contributed by atoms with van der Waals surface area (Å²) in [4.78, 5) is 6.17. The molecule has 0 aliphatic carbocycles. The van der Waals surface area contributed by atoms with Crippen molar-refractivity contribution >= 4 is 23.1 Å². The van der Waals surface area contributed by atoms with Gasteiger partial charge in [0, 0.05) is 18.3 Å². The first-order valence-corrected chi connectivity index (χ1v) is 9.31. The van der Waals surface area contributed by atoms with E-state index in [1.807, 2.05) is 23.1 Å². The topological polar surface area (TPSA) is 24.9 Å². The molecule has 2 aromatic rings. The first-order valence-electron chi connectivity index (χ1n) is 7.45. The Morgan fingerprint density at radius 2 is 1.86 bits per heavy atom. The molecule has 0 atom stereocenters. The fourth-order valence-corrected chi connectivity index (χ4v) is 3.80. The van der Waals surface area contributed by atoms with Crippen LogP contribution in [0.2, 0.25) is 0 Å². The molecule has 0 unspecified atom stereocenters. The van der Waals surface area contributed by atoms with E-state index in [4.69, 9.17) is 4.98 Å². The molecule has 4 heteroatoms. The molecule has 21 heavy (non-hydrogen) atoms. The molecular weight excluding hydrogens is 296 g/mol. The normalized spacial score (nSPS) is 11.5. The van der Waals surface area contributed by atoms with Crippen molar-refractivity contribution in [3.05, 3.63) is 41.0 Å². The fourth-order valence-electron chi connectivity index (χ4n) is 1.94. The van der Waals surface area contributed by atoms with E-state index in [-0.39, 0.29) is 0 Å². The Morgan fingerprint density at radius 1 is 1.14 bits per heavy atom. The minimum absolute atomic E-state index is 0.476. The highest BCUT2D eigenvalue weighted by Gasteiger charge is 2.13. The van der Waals surface area contributed by atoms with Gasteiger partial charge in [0.05, 0.1) is 10.6 Å². The SMILES string of the molecule is CC(C)NCc1nc(CSC(C)C)sc1-c1ccccc1. The minimum Gasteiger partial charge on any atom is -0.309 e. The first kappa shape index (κ1) is 16.5. The van der Waals surface area contributed by atoms with E-state index in [1.54, 1.807) is 0 Å². The van der Waals surface area contributed by atoms with E-state index >= 15 is 0 Å². The van der Waals surface area contributed by atoms with Crippen LogP contribution in [0.5, 0.6) is 0 Å². The van der Waals surface area contributed by atoms with E-state index in [0.717, 1.165) is 12.3 Å². The van der Waals surface area contributed by atoms with Crippen molar-refractivity contribution in [3.8, 4) is 10.4 Å². The van der Waals surface area contributed by atoms with Crippen molar-refractivity contribution in [2.24, 2.45) is 0 Å². The second-order valence-electron chi connectivity index (χ2n) is 5.64. The summed E-state index contributed by atoms with van der Waals surface area (Å²) in [6, 6.07) is 11.1. The summed E-state index contributed by atoms with van der Waals surface area (Å²) in [6.07, 6.45) is 0. The van der Waals surface area contributed by atoms with Gasteiger partial charge in [0.25, 0.3) is 0 Å². The predicted molar refractivity (Wildman–Crippen MR) is 96.0 cm³/mol. The average molecular weight is 321 g/mol. The molecule has 0 amide bonds. The summed E-state index contributed by atoms with van der Waals surface area (Å²) in [5.41, 5.74) is 2.45. The Labute approximate surface area is 136 Å². The second kappa shape index (κ2) is 7.97. The Hall–Kier alpha value is -0.840.